The molecule has 1 heterocycles. The Balaban J connectivity index is 1.51. The number of carbonyl (C=O) groups is 2. The largest absolute Gasteiger partial charge is 0.351 e. The lowest BCUT2D eigenvalue weighted by Gasteiger charge is -2.35. The fourth-order valence-electron chi connectivity index (χ4n) is 3.44. The maximum absolute atomic E-state index is 12.6. The molecule has 0 unspecified atom stereocenters. The van der Waals surface area contributed by atoms with E-state index in [2.05, 4.69) is 15.5 Å². The van der Waals surface area contributed by atoms with Crippen LogP contribution in [0.4, 0.5) is 5.69 Å². The number of likely N-dealkylation sites (tertiary alicyclic amines) is 1. The zero-order valence-corrected chi connectivity index (χ0v) is 15.7. The molecule has 0 bridgehead atoms. The number of amides is 2. The van der Waals surface area contributed by atoms with Gasteiger partial charge in [-0.15, -0.1) is 0 Å². The predicted molar refractivity (Wildman–Crippen MR) is 107 cm³/mol. The summed E-state index contributed by atoms with van der Waals surface area (Å²) in [4.78, 5) is 27.2. The molecule has 2 aromatic carbocycles. The van der Waals surface area contributed by atoms with E-state index in [4.69, 9.17) is 0 Å². The summed E-state index contributed by atoms with van der Waals surface area (Å²) in [6.45, 7) is 3.89. The van der Waals surface area contributed by atoms with Crippen LogP contribution in [0.3, 0.4) is 0 Å². The molecule has 0 spiro atoms. The van der Waals surface area contributed by atoms with E-state index < -0.39 is 0 Å². The third-order valence-electron chi connectivity index (χ3n) is 5.10. The Hall–Kier alpha value is -2.66. The normalized spacial score (nSPS) is 18.5. The first kappa shape index (κ1) is 19.1. The van der Waals surface area contributed by atoms with E-state index in [9.17, 15) is 9.59 Å². The summed E-state index contributed by atoms with van der Waals surface area (Å²) < 4.78 is 0. The van der Waals surface area contributed by atoms with Gasteiger partial charge in [0.05, 0.1) is 12.0 Å². The molecule has 0 saturated carbocycles. The molecule has 142 valence electrons. The number of carbonyl (C=O) groups excluding carboxylic acids is 2. The fraction of sp³-hybridized carbons (Fsp3) is 0.364. The molecule has 0 aromatic heterocycles. The van der Waals surface area contributed by atoms with Gasteiger partial charge in [0, 0.05) is 18.8 Å². The van der Waals surface area contributed by atoms with Crippen molar-refractivity contribution in [1.29, 1.82) is 0 Å². The van der Waals surface area contributed by atoms with Gasteiger partial charge in [0.25, 0.3) is 0 Å². The fourth-order valence-corrected chi connectivity index (χ4v) is 3.44. The van der Waals surface area contributed by atoms with Crippen LogP contribution in [0.5, 0.6) is 0 Å². The number of para-hydroxylation sites is 1. The molecule has 2 atom stereocenters. The van der Waals surface area contributed by atoms with Crippen molar-refractivity contribution in [3.63, 3.8) is 0 Å². The number of nitrogens with zero attached hydrogens (tertiary/aromatic N) is 1. The van der Waals surface area contributed by atoms with E-state index in [1.165, 1.54) is 0 Å². The summed E-state index contributed by atoms with van der Waals surface area (Å²) >= 11 is 0. The van der Waals surface area contributed by atoms with Gasteiger partial charge in [0.15, 0.2) is 0 Å². The van der Waals surface area contributed by atoms with Gasteiger partial charge in [-0.05, 0) is 44.0 Å². The molecule has 27 heavy (non-hydrogen) atoms. The van der Waals surface area contributed by atoms with Crippen molar-refractivity contribution in [1.82, 2.24) is 10.2 Å². The summed E-state index contributed by atoms with van der Waals surface area (Å²) in [6, 6.07) is 19.1. The van der Waals surface area contributed by atoms with Crippen molar-refractivity contribution in [3.05, 3.63) is 66.2 Å². The Morgan fingerprint density at radius 1 is 1.07 bits per heavy atom. The number of piperidine rings is 1. The second-order valence-electron chi connectivity index (χ2n) is 7.07. The standard InChI is InChI=1S/C22H27N3O2/c1-17(21(26)23-15-18-9-4-2-5-10-18)25-14-8-11-19(16-25)22(27)24-20-12-6-3-7-13-20/h2-7,9-10,12-13,17,19H,8,11,14-16H2,1H3,(H,23,26)(H,24,27)/t17-,19+/m1/s1. The van der Waals surface area contributed by atoms with E-state index in [1.807, 2.05) is 67.6 Å². The molecule has 5 nitrogen and oxygen atoms in total. The quantitative estimate of drug-likeness (QED) is 0.827. The summed E-state index contributed by atoms with van der Waals surface area (Å²) in [6.07, 6.45) is 1.77. The summed E-state index contributed by atoms with van der Waals surface area (Å²) in [5, 5.41) is 5.98. The molecule has 1 fully saturated rings. The molecular formula is C22H27N3O2. The Labute approximate surface area is 160 Å². The highest BCUT2D eigenvalue weighted by Crippen LogP contribution is 2.20. The van der Waals surface area contributed by atoms with E-state index in [1.54, 1.807) is 0 Å². The number of anilines is 1. The van der Waals surface area contributed by atoms with Gasteiger partial charge < -0.3 is 10.6 Å². The first-order valence-corrected chi connectivity index (χ1v) is 9.55. The zero-order valence-electron chi connectivity index (χ0n) is 15.7. The highest BCUT2D eigenvalue weighted by molar-refractivity contribution is 5.92. The van der Waals surface area contributed by atoms with E-state index in [0.717, 1.165) is 30.6 Å². The highest BCUT2D eigenvalue weighted by atomic mass is 16.2. The second kappa shape index (κ2) is 9.33. The summed E-state index contributed by atoms with van der Waals surface area (Å²) in [5.74, 6) is -0.0610. The lowest BCUT2D eigenvalue weighted by atomic mass is 9.95. The summed E-state index contributed by atoms with van der Waals surface area (Å²) in [5.41, 5.74) is 1.89. The maximum Gasteiger partial charge on any atom is 0.237 e. The molecule has 0 radical (unpaired) electrons. The molecule has 5 heteroatoms. The number of rotatable bonds is 6. The summed E-state index contributed by atoms with van der Waals surface area (Å²) in [7, 11) is 0. The van der Waals surface area contributed by atoms with Crippen LogP contribution >= 0.6 is 0 Å². The van der Waals surface area contributed by atoms with Crippen molar-refractivity contribution in [2.75, 3.05) is 18.4 Å². The Bertz CT molecular complexity index is 749. The number of nitrogens with one attached hydrogen (secondary N) is 2. The average molecular weight is 365 g/mol. The predicted octanol–water partition coefficient (Wildman–Crippen LogP) is 3.04. The molecule has 2 amide bonds. The van der Waals surface area contributed by atoms with Crippen LogP contribution in [0.15, 0.2) is 60.7 Å². The first-order chi connectivity index (χ1) is 13.1. The van der Waals surface area contributed by atoms with Crippen molar-refractivity contribution in [2.24, 2.45) is 5.92 Å². The lowest BCUT2D eigenvalue weighted by Crippen LogP contribution is -2.50. The smallest absolute Gasteiger partial charge is 0.237 e. The van der Waals surface area contributed by atoms with Gasteiger partial charge in [0.2, 0.25) is 11.8 Å². The van der Waals surface area contributed by atoms with Gasteiger partial charge in [-0.3, -0.25) is 14.5 Å². The number of hydrogen-bond acceptors (Lipinski definition) is 3. The lowest BCUT2D eigenvalue weighted by molar-refractivity contribution is -0.129. The average Bonchev–Trinajstić information content (AvgIpc) is 2.73. The van der Waals surface area contributed by atoms with Gasteiger partial charge in [-0.1, -0.05) is 48.5 Å². The number of hydrogen-bond donors (Lipinski definition) is 2. The van der Waals surface area contributed by atoms with E-state index in [0.29, 0.717) is 13.1 Å². The van der Waals surface area contributed by atoms with Crippen LogP contribution < -0.4 is 10.6 Å². The van der Waals surface area contributed by atoms with Crippen molar-refractivity contribution < 1.29 is 9.59 Å². The van der Waals surface area contributed by atoms with Crippen LogP contribution in [0.2, 0.25) is 0 Å². The van der Waals surface area contributed by atoms with Crippen molar-refractivity contribution >= 4 is 17.5 Å². The minimum Gasteiger partial charge on any atom is -0.351 e. The molecule has 0 aliphatic carbocycles. The third kappa shape index (κ3) is 5.41. The molecule has 1 aliphatic heterocycles. The van der Waals surface area contributed by atoms with Crippen LogP contribution in [-0.2, 0) is 16.1 Å². The van der Waals surface area contributed by atoms with Crippen LogP contribution in [0.1, 0.15) is 25.3 Å². The van der Waals surface area contributed by atoms with Crippen molar-refractivity contribution in [3.8, 4) is 0 Å². The topological polar surface area (TPSA) is 61.4 Å². The van der Waals surface area contributed by atoms with Crippen LogP contribution in [-0.4, -0.2) is 35.8 Å². The Kier molecular flexibility index (Phi) is 6.60. The monoisotopic (exact) mass is 365 g/mol. The molecular weight excluding hydrogens is 338 g/mol. The number of benzene rings is 2. The molecule has 1 aliphatic rings. The minimum absolute atomic E-state index is 0.00275. The Morgan fingerprint density at radius 3 is 2.44 bits per heavy atom. The van der Waals surface area contributed by atoms with Crippen LogP contribution in [0.25, 0.3) is 0 Å². The van der Waals surface area contributed by atoms with Gasteiger partial charge in [-0.25, -0.2) is 0 Å². The van der Waals surface area contributed by atoms with E-state index >= 15 is 0 Å². The van der Waals surface area contributed by atoms with E-state index in [-0.39, 0.29) is 23.8 Å². The molecule has 1 saturated heterocycles. The minimum atomic E-state index is -0.249. The van der Waals surface area contributed by atoms with Crippen molar-refractivity contribution in [2.45, 2.75) is 32.4 Å². The van der Waals surface area contributed by atoms with Gasteiger partial charge in [-0.2, -0.15) is 0 Å². The SMILES string of the molecule is C[C@H](C(=O)NCc1ccccc1)N1CCC[C@H](C(=O)Nc2ccccc2)C1. The second-order valence-corrected chi connectivity index (χ2v) is 7.07. The van der Waals surface area contributed by atoms with Gasteiger partial charge in [0.1, 0.15) is 0 Å². The van der Waals surface area contributed by atoms with Crippen LogP contribution in [0, 0.1) is 5.92 Å². The molecule has 2 N–H and O–H groups in total. The Morgan fingerprint density at radius 2 is 1.74 bits per heavy atom. The third-order valence-corrected chi connectivity index (χ3v) is 5.10. The zero-order chi connectivity index (χ0) is 19.1. The van der Waals surface area contributed by atoms with Gasteiger partial charge >= 0.3 is 0 Å². The highest BCUT2D eigenvalue weighted by Gasteiger charge is 2.30. The first-order valence-electron chi connectivity index (χ1n) is 9.55. The molecule has 3 rings (SSSR count). The molecule has 2 aromatic rings. The maximum atomic E-state index is 12.6.